The van der Waals surface area contributed by atoms with E-state index in [1.165, 1.54) is 19.2 Å². The molecule has 0 saturated carbocycles. The van der Waals surface area contributed by atoms with Gasteiger partial charge in [0.1, 0.15) is 11.6 Å². The summed E-state index contributed by atoms with van der Waals surface area (Å²) in [7, 11) is -2.22. The number of aromatic amines is 1. The number of anilines is 1. The molecular formula is C18H20N4O3S. The van der Waals surface area contributed by atoms with Crippen molar-refractivity contribution >= 4 is 15.7 Å². The molecule has 7 nitrogen and oxygen atoms in total. The first kappa shape index (κ1) is 17.9. The van der Waals surface area contributed by atoms with E-state index in [9.17, 15) is 8.42 Å². The van der Waals surface area contributed by atoms with E-state index in [4.69, 9.17) is 4.74 Å². The van der Waals surface area contributed by atoms with Gasteiger partial charge in [-0.3, -0.25) is 9.82 Å². The maximum absolute atomic E-state index is 12.7. The van der Waals surface area contributed by atoms with Crippen LogP contribution in [0.5, 0.6) is 5.75 Å². The highest BCUT2D eigenvalue weighted by atomic mass is 32.2. The topological polar surface area (TPSA) is 97.0 Å². The number of nitrogens with zero attached hydrogens (tertiary/aromatic N) is 2. The Balaban J connectivity index is 1.94. The summed E-state index contributed by atoms with van der Waals surface area (Å²) in [5.74, 6) is 1.97. The third-order valence-corrected chi connectivity index (χ3v) is 5.21. The van der Waals surface area contributed by atoms with Crippen LogP contribution in [0.3, 0.4) is 0 Å². The van der Waals surface area contributed by atoms with E-state index in [0.29, 0.717) is 22.8 Å². The van der Waals surface area contributed by atoms with Crippen LogP contribution in [0.2, 0.25) is 0 Å². The fraction of sp³-hybridized carbons (Fsp3) is 0.222. The Hall–Kier alpha value is -2.87. The van der Waals surface area contributed by atoms with Crippen molar-refractivity contribution in [2.45, 2.75) is 24.7 Å². The Morgan fingerprint density at radius 2 is 1.77 bits per heavy atom. The largest absolute Gasteiger partial charge is 0.497 e. The van der Waals surface area contributed by atoms with Crippen LogP contribution in [-0.2, 0) is 10.0 Å². The first-order valence-corrected chi connectivity index (χ1v) is 9.57. The molecule has 0 fully saturated rings. The van der Waals surface area contributed by atoms with Gasteiger partial charge < -0.3 is 4.74 Å². The number of hydrogen-bond acceptors (Lipinski definition) is 5. The minimum Gasteiger partial charge on any atom is -0.497 e. The zero-order chi connectivity index (χ0) is 18.7. The lowest BCUT2D eigenvalue weighted by molar-refractivity contribution is 0.414. The summed E-state index contributed by atoms with van der Waals surface area (Å²) in [4.78, 5) is 4.59. The third kappa shape index (κ3) is 3.70. The number of sulfonamides is 1. The smallest absolute Gasteiger partial charge is 0.261 e. The number of benzene rings is 2. The molecule has 136 valence electrons. The van der Waals surface area contributed by atoms with Crippen molar-refractivity contribution in [2.24, 2.45) is 0 Å². The van der Waals surface area contributed by atoms with Gasteiger partial charge in [0.25, 0.3) is 10.0 Å². The molecule has 0 saturated heterocycles. The van der Waals surface area contributed by atoms with E-state index in [1.807, 2.05) is 19.9 Å². The van der Waals surface area contributed by atoms with Crippen LogP contribution in [0.25, 0.3) is 11.4 Å². The summed E-state index contributed by atoms with van der Waals surface area (Å²) >= 11 is 0. The molecule has 0 atom stereocenters. The van der Waals surface area contributed by atoms with Crippen molar-refractivity contribution < 1.29 is 13.2 Å². The second kappa shape index (κ2) is 7.17. The van der Waals surface area contributed by atoms with E-state index in [-0.39, 0.29) is 10.8 Å². The summed E-state index contributed by atoms with van der Waals surface area (Å²) in [5.41, 5.74) is 1.02. The average molecular weight is 372 g/mol. The molecule has 2 aromatic carbocycles. The van der Waals surface area contributed by atoms with Crippen molar-refractivity contribution in [3.8, 4) is 17.1 Å². The molecule has 26 heavy (non-hydrogen) atoms. The molecule has 0 amide bonds. The number of methoxy groups -OCH3 is 1. The van der Waals surface area contributed by atoms with Gasteiger partial charge in [-0.2, -0.15) is 5.10 Å². The Kier molecular flexibility index (Phi) is 4.94. The maximum atomic E-state index is 12.7. The molecule has 8 heteroatoms. The Morgan fingerprint density at radius 1 is 1.08 bits per heavy atom. The predicted molar refractivity (Wildman–Crippen MR) is 99.7 cm³/mol. The quantitative estimate of drug-likeness (QED) is 0.691. The van der Waals surface area contributed by atoms with Crippen molar-refractivity contribution in [1.82, 2.24) is 15.2 Å². The Bertz CT molecular complexity index is 995. The summed E-state index contributed by atoms with van der Waals surface area (Å²) in [6.07, 6.45) is 0. The van der Waals surface area contributed by atoms with Crippen LogP contribution in [0.1, 0.15) is 25.6 Å². The van der Waals surface area contributed by atoms with E-state index in [2.05, 4.69) is 19.9 Å². The standard InChI is InChI=1S/C18H20N4O3S/c1-12(2)17-19-18(21-20-17)15-6-4-5-7-16(15)22-26(23,24)14-10-8-13(25-3)9-11-14/h4-12,22H,1-3H3,(H,19,20,21). The van der Waals surface area contributed by atoms with E-state index < -0.39 is 10.0 Å². The molecule has 0 unspecified atom stereocenters. The minimum absolute atomic E-state index is 0.144. The molecule has 0 aliphatic rings. The first-order valence-electron chi connectivity index (χ1n) is 8.09. The van der Waals surface area contributed by atoms with Crippen molar-refractivity contribution in [3.63, 3.8) is 0 Å². The van der Waals surface area contributed by atoms with Gasteiger partial charge in [-0.05, 0) is 36.4 Å². The Morgan fingerprint density at radius 3 is 2.38 bits per heavy atom. The highest BCUT2D eigenvalue weighted by Crippen LogP contribution is 2.28. The highest BCUT2D eigenvalue weighted by molar-refractivity contribution is 7.92. The molecule has 0 radical (unpaired) electrons. The molecule has 1 heterocycles. The Labute approximate surface area is 152 Å². The number of H-pyrrole nitrogens is 1. The van der Waals surface area contributed by atoms with Gasteiger partial charge in [-0.15, -0.1) is 0 Å². The van der Waals surface area contributed by atoms with Gasteiger partial charge in [0.2, 0.25) is 0 Å². The molecule has 1 aromatic heterocycles. The second-order valence-corrected chi connectivity index (χ2v) is 7.71. The van der Waals surface area contributed by atoms with Gasteiger partial charge in [-0.25, -0.2) is 13.4 Å². The van der Waals surface area contributed by atoms with Crippen LogP contribution in [0.4, 0.5) is 5.69 Å². The molecule has 0 bridgehead atoms. The van der Waals surface area contributed by atoms with Crippen molar-refractivity contribution in [2.75, 3.05) is 11.8 Å². The lowest BCUT2D eigenvalue weighted by Crippen LogP contribution is -2.13. The average Bonchev–Trinajstić information content (AvgIpc) is 3.12. The zero-order valence-electron chi connectivity index (χ0n) is 14.7. The molecule has 0 spiro atoms. The number of para-hydroxylation sites is 1. The van der Waals surface area contributed by atoms with Gasteiger partial charge in [0.15, 0.2) is 5.82 Å². The molecule has 0 aliphatic carbocycles. The summed E-state index contributed by atoms with van der Waals surface area (Å²) < 4.78 is 33.1. The van der Waals surface area contributed by atoms with E-state index in [0.717, 1.165) is 5.82 Å². The lowest BCUT2D eigenvalue weighted by Gasteiger charge is -2.11. The van der Waals surface area contributed by atoms with Crippen molar-refractivity contribution in [3.05, 3.63) is 54.4 Å². The lowest BCUT2D eigenvalue weighted by atomic mass is 10.1. The summed E-state index contributed by atoms with van der Waals surface area (Å²) in [5, 5.41) is 7.09. The third-order valence-electron chi connectivity index (χ3n) is 3.83. The van der Waals surface area contributed by atoms with Crippen molar-refractivity contribution in [1.29, 1.82) is 0 Å². The van der Waals surface area contributed by atoms with Gasteiger partial charge in [0.05, 0.1) is 17.7 Å². The summed E-state index contributed by atoms with van der Waals surface area (Å²) in [6, 6.07) is 13.2. The fourth-order valence-electron chi connectivity index (χ4n) is 2.38. The predicted octanol–water partition coefficient (Wildman–Crippen LogP) is 3.40. The maximum Gasteiger partial charge on any atom is 0.261 e. The molecule has 2 N–H and O–H groups in total. The monoisotopic (exact) mass is 372 g/mol. The molecule has 0 aliphatic heterocycles. The first-order chi connectivity index (χ1) is 12.4. The highest BCUT2D eigenvalue weighted by Gasteiger charge is 2.18. The molecular weight excluding hydrogens is 352 g/mol. The number of aromatic nitrogens is 3. The van der Waals surface area contributed by atoms with Crippen LogP contribution >= 0.6 is 0 Å². The summed E-state index contributed by atoms with van der Waals surface area (Å²) in [6.45, 7) is 4.01. The fourth-order valence-corrected chi connectivity index (χ4v) is 3.46. The SMILES string of the molecule is COc1ccc(S(=O)(=O)Nc2ccccc2-c2n[nH]c(C(C)C)n2)cc1. The van der Waals surface area contributed by atoms with Gasteiger partial charge >= 0.3 is 0 Å². The van der Waals surface area contributed by atoms with Crippen LogP contribution in [0, 0.1) is 0 Å². The molecule has 3 aromatic rings. The number of ether oxygens (including phenoxy) is 1. The van der Waals surface area contributed by atoms with Gasteiger partial charge in [0, 0.05) is 11.5 Å². The number of hydrogen-bond donors (Lipinski definition) is 2. The number of rotatable bonds is 6. The molecule has 3 rings (SSSR count). The van der Waals surface area contributed by atoms with E-state index >= 15 is 0 Å². The van der Waals surface area contributed by atoms with Crippen LogP contribution in [0.15, 0.2) is 53.4 Å². The van der Waals surface area contributed by atoms with E-state index in [1.54, 1.807) is 30.3 Å². The minimum atomic E-state index is -3.75. The van der Waals surface area contributed by atoms with Crippen LogP contribution in [-0.4, -0.2) is 30.7 Å². The second-order valence-electron chi connectivity index (χ2n) is 6.03. The zero-order valence-corrected chi connectivity index (χ0v) is 15.5. The normalized spacial score (nSPS) is 11.5. The number of nitrogens with one attached hydrogen (secondary N) is 2. The van der Waals surface area contributed by atoms with Crippen LogP contribution < -0.4 is 9.46 Å². The van der Waals surface area contributed by atoms with Gasteiger partial charge in [-0.1, -0.05) is 26.0 Å².